The van der Waals surface area contributed by atoms with Gasteiger partial charge in [0.1, 0.15) is 5.75 Å². The summed E-state index contributed by atoms with van der Waals surface area (Å²) in [5.74, 6) is -0.210. The second-order valence-corrected chi connectivity index (χ2v) is 6.36. The summed E-state index contributed by atoms with van der Waals surface area (Å²) >= 11 is 11.2. The summed E-state index contributed by atoms with van der Waals surface area (Å²) < 4.78 is 5.33. The van der Waals surface area contributed by atoms with Crippen molar-refractivity contribution in [3.05, 3.63) is 58.6 Å². The number of nitrogens with one attached hydrogen (secondary N) is 1. The topological polar surface area (TPSA) is 70.9 Å². The first-order chi connectivity index (χ1) is 12.4. The standard InChI is InChI=1S/C19H19ClN2O3S/c1-21-19(12-3-5-13(20)6-4-12)15-11-14(25-2)7-8-16(15)22-17(26)9-10-18(23)24/h3-8,11H,9-10H2,1-2H3,(H,22,26)(H,23,24)/b21-19-. The van der Waals surface area contributed by atoms with Crippen LogP contribution in [0, 0.1) is 0 Å². The number of hydrogen-bond acceptors (Lipinski definition) is 4. The van der Waals surface area contributed by atoms with E-state index in [1.54, 1.807) is 32.4 Å². The highest BCUT2D eigenvalue weighted by atomic mass is 35.5. The van der Waals surface area contributed by atoms with Crippen molar-refractivity contribution in [2.75, 3.05) is 19.5 Å². The SMILES string of the molecule is C/N=C(/c1ccc(Cl)cc1)c1cc(OC)ccc1NC(=S)CCC(=O)O. The smallest absolute Gasteiger partial charge is 0.303 e. The Hall–Kier alpha value is -2.44. The maximum atomic E-state index is 10.7. The lowest BCUT2D eigenvalue weighted by Crippen LogP contribution is -2.15. The number of carboxylic acid groups (broad SMARTS) is 1. The van der Waals surface area contributed by atoms with Gasteiger partial charge in [0, 0.05) is 35.3 Å². The number of methoxy groups -OCH3 is 1. The number of benzene rings is 2. The lowest BCUT2D eigenvalue weighted by molar-refractivity contribution is -0.136. The van der Waals surface area contributed by atoms with E-state index in [0.717, 1.165) is 22.5 Å². The fraction of sp³-hybridized carbons (Fsp3) is 0.211. The van der Waals surface area contributed by atoms with Crippen LogP contribution in [-0.4, -0.2) is 35.9 Å². The molecular formula is C19H19ClN2O3S. The molecule has 0 bridgehead atoms. The minimum atomic E-state index is -0.888. The fourth-order valence-electron chi connectivity index (χ4n) is 2.40. The number of thiocarbonyl (C=S) groups is 1. The van der Waals surface area contributed by atoms with Crippen molar-refractivity contribution in [2.45, 2.75) is 12.8 Å². The van der Waals surface area contributed by atoms with E-state index in [1.165, 1.54) is 0 Å². The van der Waals surface area contributed by atoms with Crippen LogP contribution in [0.25, 0.3) is 0 Å². The molecule has 0 aliphatic carbocycles. The zero-order chi connectivity index (χ0) is 19.1. The molecule has 0 aliphatic rings. The highest BCUT2D eigenvalue weighted by molar-refractivity contribution is 7.80. The van der Waals surface area contributed by atoms with E-state index in [9.17, 15) is 4.79 Å². The molecule has 0 amide bonds. The third-order valence-corrected chi connectivity index (χ3v) is 4.22. The average molecular weight is 391 g/mol. The van der Waals surface area contributed by atoms with Crippen molar-refractivity contribution in [1.82, 2.24) is 0 Å². The predicted octanol–water partition coefficient (Wildman–Crippen LogP) is 4.42. The predicted molar refractivity (Wildman–Crippen MR) is 109 cm³/mol. The number of anilines is 1. The maximum absolute atomic E-state index is 10.7. The molecule has 136 valence electrons. The number of carbonyl (C=O) groups is 1. The first-order valence-electron chi connectivity index (χ1n) is 7.87. The number of aliphatic carboxylic acids is 1. The normalized spacial score (nSPS) is 11.1. The van der Waals surface area contributed by atoms with Gasteiger partial charge in [0.2, 0.25) is 0 Å². The summed E-state index contributed by atoms with van der Waals surface area (Å²) in [6.45, 7) is 0. The van der Waals surface area contributed by atoms with Crippen molar-refractivity contribution in [3.8, 4) is 5.75 Å². The van der Waals surface area contributed by atoms with E-state index in [0.29, 0.717) is 15.8 Å². The first-order valence-corrected chi connectivity index (χ1v) is 8.66. The van der Waals surface area contributed by atoms with Gasteiger partial charge in [-0.15, -0.1) is 0 Å². The quantitative estimate of drug-likeness (QED) is 0.541. The van der Waals surface area contributed by atoms with Crippen LogP contribution >= 0.6 is 23.8 Å². The summed E-state index contributed by atoms with van der Waals surface area (Å²) in [6, 6.07) is 12.9. The molecule has 0 atom stereocenters. The van der Waals surface area contributed by atoms with Gasteiger partial charge in [-0.25, -0.2) is 0 Å². The van der Waals surface area contributed by atoms with Crippen LogP contribution in [0.5, 0.6) is 5.75 Å². The Labute approximate surface area is 162 Å². The second kappa shape index (κ2) is 9.31. The second-order valence-electron chi connectivity index (χ2n) is 5.43. The van der Waals surface area contributed by atoms with Crippen LogP contribution < -0.4 is 10.1 Å². The van der Waals surface area contributed by atoms with Crippen LogP contribution in [-0.2, 0) is 4.79 Å². The molecule has 0 saturated heterocycles. The Morgan fingerprint density at radius 1 is 1.23 bits per heavy atom. The van der Waals surface area contributed by atoms with Crippen molar-refractivity contribution in [1.29, 1.82) is 0 Å². The highest BCUT2D eigenvalue weighted by Crippen LogP contribution is 2.26. The van der Waals surface area contributed by atoms with E-state index in [2.05, 4.69) is 10.3 Å². The zero-order valence-electron chi connectivity index (χ0n) is 14.5. The van der Waals surface area contributed by atoms with Crippen LogP contribution in [0.1, 0.15) is 24.0 Å². The number of rotatable bonds is 7. The van der Waals surface area contributed by atoms with Crippen molar-refractivity contribution < 1.29 is 14.6 Å². The van der Waals surface area contributed by atoms with Crippen molar-refractivity contribution in [3.63, 3.8) is 0 Å². The largest absolute Gasteiger partial charge is 0.497 e. The lowest BCUT2D eigenvalue weighted by Gasteiger charge is -2.16. The van der Waals surface area contributed by atoms with Gasteiger partial charge in [0.25, 0.3) is 0 Å². The molecule has 0 unspecified atom stereocenters. The van der Waals surface area contributed by atoms with E-state index in [1.807, 2.05) is 24.3 Å². The molecule has 2 aromatic carbocycles. The fourth-order valence-corrected chi connectivity index (χ4v) is 2.74. The monoisotopic (exact) mass is 390 g/mol. The summed E-state index contributed by atoms with van der Waals surface area (Å²) in [4.78, 5) is 15.6. The molecule has 0 radical (unpaired) electrons. The van der Waals surface area contributed by atoms with E-state index in [-0.39, 0.29) is 12.8 Å². The number of nitrogens with zero attached hydrogens (tertiary/aromatic N) is 1. The number of ether oxygens (including phenoxy) is 1. The van der Waals surface area contributed by atoms with Gasteiger partial charge in [-0.1, -0.05) is 36.0 Å². The minimum absolute atomic E-state index is 0.0246. The van der Waals surface area contributed by atoms with Gasteiger partial charge in [0.15, 0.2) is 0 Å². The Kier molecular flexibility index (Phi) is 7.12. The Morgan fingerprint density at radius 3 is 2.50 bits per heavy atom. The first kappa shape index (κ1) is 19.9. The Balaban J connectivity index is 2.39. The average Bonchev–Trinajstić information content (AvgIpc) is 2.63. The van der Waals surface area contributed by atoms with Crippen LogP contribution in [0.3, 0.4) is 0 Å². The Bertz CT molecular complexity index is 835. The van der Waals surface area contributed by atoms with Crippen LogP contribution in [0.2, 0.25) is 5.02 Å². The lowest BCUT2D eigenvalue weighted by atomic mass is 10.00. The molecular weight excluding hydrogens is 372 g/mol. The molecule has 0 fully saturated rings. The molecule has 0 aromatic heterocycles. The molecule has 0 heterocycles. The molecule has 0 aliphatic heterocycles. The molecule has 2 N–H and O–H groups in total. The number of carboxylic acids is 1. The molecule has 5 nitrogen and oxygen atoms in total. The van der Waals surface area contributed by atoms with Crippen LogP contribution in [0.4, 0.5) is 5.69 Å². The van der Waals surface area contributed by atoms with Crippen LogP contribution in [0.15, 0.2) is 47.5 Å². The van der Waals surface area contributed by atoms with E-state index >= 15 is 0 Å². The van der Waals surface area contributed by atoms with Gasteiger partial charge in [-0.05, 0) is 30.3 Å². The van der Waals surface area contributed by atoms with Gasteiger partial charge in [-0.2, -0.15) is 0 Å². The number of aliphatic imine (C=N–C) groups is 1. The highest BCUT2D eigenvalue weighted by Gasteiger charge is 2.14. The van der Waals surface area contributed by atoms with Gasteiger partial charge in [-0.3, -0.25) is 9.79 Å². The summed E-state index contributed by atoms with van der Waals surface area (Å²) in [7, 11) is 3.30. The molecule has 26 heavy (non-hydrogen) atoms. The van der Waals surface area contributed by atoms with Gasteiger partial charge < -0.3 is 15.2 Å². The summed E-state index contributed by atoms with van der Waals surface area (Å²) in [6.07, 6.45) is 0.235. The zero-order valence-corrected chi connectivity index (χ0v) is 16.0. The summed E-state index contributed by atoms with van der Waals surface area (Å²) in [5, 5.41) is 12.6. The van der Waals surface area contributed by atoms with Gasteiger partial charge >= 0.3 is 5.97 Å². The van der Waals surface area contributed by atoms with E-state index < -0.39 is 5.97 Å². The summed E-state index contributed by atoms with van der Waals surface area (Å²) in [5.41, 5.74) is 3.16. The Morgan fingerprint density at radius 2 is 1.92 bits per heavy atom. The molecule has 2 rings (SSSR count). The van der Waals surface area contributed by atoms with Crippen molar-refractivity contribution >= 4 is 46.2 Å². The maximum Gasteiger partial charge on any atom is 0.303 e. The third-order valence-electron chi connectivity index (χ3n) is 3.66. The third kappa shape index (κ3) is 5.28. The number of hydrogen-bond donors (Lipinski definition) is 2. The molecule has 0 spiro atoms. The molecule has 0 saturated carbocycles. The molecule has 7 heteroatoms. The van der Waals surface area contributed by atoms with E-state index in [4.69, 9.17) is 33.7 Å². The number of halogens is 1. The van der Waals surface area contributed by atoms with Gasteiger partial charge in [0.05, 0.1) is 24.2 Å². The minimum Gasteiger partial charge on any atom is -0.497 e. The molecule has 2 aromatic rings. The van der Waals surface area contributed by atoms with Crippen molar-refractivity contribution in [2.24, 2.45) is 4.99 Å².